The summed E-state index contributed by atoms with van der Waals surface area (Å²) in [5.41, 5.74) is 4.23. The van der Waals surface area contributed by atoms with E-state index in [1.54, 1.807) is 23.8 Å². The van der Waals surface area contributed by atoms with Gasteiger partial charge in [-0.2, -0.15) is 4.52 Å². The maximum atomic E-state index is 12.7. The first-order valence-corrected chi connectivity index (χ1v) is 9.96. The van der Waals surface area contributed by atoms with Gasteiger partial charge in [-0.15, -0.1) is 5.10 Å². The molecule has 3 aromatic carbocycles. The largest absolute Gasteiger partial charge is 0.497 e. The Balaban J connectivity index is 1.37. The van der Waals surface area contributed by atoms with E-state index >= 15 is 0 Å². The molecule has 32 heavy (non-hydrogen) atoms. The molecular weight excluding hydrogens is 406 g/mol. The highest BCUT2D eigenvalue weighted by atomic mass is 16.5. The zero-order chi connectivity index (χ0) is 21.9. The number of aromatic nitrogens is 5. The average Bonchev–Trinajstić information content (AvgIpc) is 3.34. The highest BCUT2D eigenvalue weighted by Gasteiger charge is 2.13. The highest BCUT2D eigenvalue weighted by Crippen LogP contribution is 2.23. The minimum Gasteiger partial charge on any atom is -0.497 e. The third-order valence-electron chi connectivity index (χ3n) is 5.00. The molecule has 0 saturated heterocycles. The molecule has 0 saturated carbocycles. The number of tetrazole rings is 1. The van der Waals surface area contributed by atoms with Gasteiger partial charge in [-0.05, 0) is 58.5 Å². The number of amides is 1. The molecule has 2 N–H and O–H groups in total. The van der Waals surface area contributed by atoms with Gasteiger partial charge in [-0.1, -0.05) is 30.3 Å². The van der Waals surface area contributed by atoms with E-state index in [4.69, 9.17) is 4.74 Å². The number of fused-ring (bicyclic) bond motifs is 3. The number of nitrogens with one attached hydrogen (secondary N) is 2. The third-order valence-corrected chi connectivity index (χ3v) is 5.00. The minimum atomic E-state index is -0.183. The van der Waals surface area contributed by atoms with E-state index in [0.29, 0.717) is 29.3 Å². The van der Waals surface area contributed by atoms with Crippen molar-refractivity contribution in [2.24, 2.45) is 0 Å². The molecule has 5 aromatic rings. The summed E-state index contributed by atoms with van der Waals surface area (Å²) in [6.45, 7) is 0.395. The zero-order valence-corrected chi connectivity index (χ0v) is 17.2. The number of carbonyl (C=O) groups excluding carboxylic acids is 1. The van der Waals surface area contributed by atoms with Crippen molar-refractivity contribution in [3.8, 4) is 5.75 Å². The molecule has 5 rings (SSSR count). The number of hydrogen-bond acceptors (Lipinski definition) is 7. The number of rotatable bonds is 6. The molecule has 0 bridgehead atoms. The molecular formula is C23H19N7O2. The summed E-state index contributed by atoms with van der Waals surface area (Å²) in [6.07, 6.45) is 0. The van der Waals surface area contributed by atoms with Crippen molar-refractivity contribution in [2.45, 2.75) is 6.54 Å². The van der Waals surface area contributed by atoms with Crippen molar-refractivity contribution >= 4 is 34.1 Å². The maximum absolute atomic E-state index is 12.7. The first-order chi connectivity index (χ1) is 15.7. The van der Waals surface area contributed by atoms with Crippen molar-refractivity contribution in [1.29, 1.82) is 0 Å². The van der Waals surface area contributed by atoms with Crippen LogP contribution in [0.4, 0.5) is 11.5 Å². The van der Waals surface area contributed by atoms with Crippen molar-refractivity contribution in [3.05, 3.63) is 83.9 Å². The quantitative estimate of drug-likeness (QED) is 0.430. The van der Waals surface area contributed by atoms with Gasteiger partial charge >= 0.3 is 0 Å². The lowest BCUT2D eigenvalue weighted by Crippen LogP contribution is -2.22. The summed E-state index contributed by atoms with van der Waals surface area (Å²) in [4.78, 5) is 17.4. The van der Waals surface area contributed by atoms with Crippen LogP contribution >= 0.6 is 0 Å². The van der Waals surface area contributed by atoms with Gasteiger partial charge in [0, 0.05) is 17.8 Å². The minimum absolute atomic E-state index is 0.183. The Morgan fingerprint density at radius 2 is 1.91 bits per heavy atom. The molecule has 0 aliphatic rings. The lowest BCUT2D eigenvalue weighted by molar-refractivity contribution is 0.0951. The lowest BCUT2D eigenvalue weighted by Gasteiger charge is -2.10. The molecule has 0 aliphatic carbocycles. The number of nitrogens with zero attached hydrogens (tertiary/aromatic N) is 5. The topological polar surface area (TPSA) is 106 Å². The molecule has 0 spiro atoms. The Labute approximate surface area is 183 Å². The highest BCUT2D eigenvalue weighted by molar-refractivity contribution is 5.95. The fourth-order valence-corrected chi connectivity index (χ4v) is 3.43. The second-order valence-corrected chi connectivity index (χ2v) is 7.10. The Morgan fingerprint density at radius 1 is 1.03 bits per heavy atom. The summed E-state index contributed by atoms with van der Waals surface area (Å²) >= 11 is 0. The van der Waals surface area contributed by atoms with Gasteiger partial charge in [-0.25, -0.2) is 4.98 Å². The first kappa shape index (κ1) is 19.4. The van der Waals surface area contributed by atoms with Crippen LogP contribution in [0.1, 0.15) is 15.9 Å². The van der Waals surface area contributed by atoms with Crippen molar-refractivity contribution < 1.29 is 9.53 Å². The van der Waals surface area contributed by atoms with E-state index in [1.807, 2.05) is 60.7 Å². The van der Waals surface area contributed by atoms with Gasteiger partial charge in [0.25, 0.3) is 5.91 Å². The number of hydrogen-bond donors (Lipinski definition) is 2. The van der Waals surface area contributed by atoms with Crippen molar-refractivity contribution in [2.75, 3.05) is 12.4 Å². The maximum Gasteiger partial charge on any atom is 0.251 e. The number of ether oxygens (including phenoxy) is 1. The van der Waals surface area contributed by atoms with Crippen molar-refractivity contribution in [1.82, 2.24) is 30.3 Å². The first-order valence-electron chi connectivity index (χ1n) is 9.96. The molecule has 158 valence electrons. The Morgan fingerprint density at radius 3 is 2.81 bits per heavy atom. The lowest BCUT2D eigenvalue weighted by atomic mass is 10.1. The van der Waals surface area contributed by atoms with E-state index < -0.39 is 0 Å². The van der Waals surface area contributed by atoms with Crippen molar-refractivity contribution in [3.63, 3.8) is 0 Å². The number of carbonyl (C=O) groups is 1. The molecule has 9 nitrogen and oxygen atoms in total. The number of methoxy groups -OCH3 is 1. The Hall–Kier alpha value is -4.53. The molecule has 0 aliphatic heterocycles. The monoisotopic (exact) mass is 425 g/mol. The second-order valence-electron chi connectivity index (χ2n) is 7.10. The van der Waals surface area contributed by atoms with Crippen LogP contribution in [0.5, 0.6) is 5.75 Å². The van der Waals surface area contributed by atoms with Gasteiger partial charge in [0.2, 0.25) is 5.65 Å². The van der Waals surface area contributed by atoms with Gasteiger partial charge in [0.05, 0.1) is 18.1 Å². The van der Waals surface area contributed by atoms with Crippen LogP contribution in [0.25, 0.3) is 16.7 Å². The Bertz CT molecular complexity index is 1430. The molecule has 0 unspecified atom stereocenters. The van der Waals surface area contributed by atoms with Crippen LogP contribution < -0.4 is 15.4 Å². The fourth-order valence-electron chi connectivity index (χ4n) is 3.43. The summed E-state index contributed by atoms with van der Waals surface area (Å²) in [6, 6.07) is 22.4. The second kappa shape index (κ2) is 8.31. The molecule has 1 amide bonds. The molecule has 2 heterocycles. The van der Waals surface area contributed by atoms with Gasteiger partial charge < -0.3 is 15.4 Å². The van der Waals surface area contributed by atoms with Crippen LogP contribution in [0.2, 0.25) is 0 Å². The van der Waals surface area contributed by atoms with Crippen LogP contribution in [0.3, 0.4) is 0 Å². The van der Waals surface area contributed by atoms with Gasteiger partial charge in [0.1, 0.15) is 5.75 Å². The fraction of sp³-hybridized carbons (Fsp3) is 0.0870. The molecule has 0 atom stereocenters. The van der Waals surface area contributed by atoms with Gasteiger partial charge in [0.15, 0.2) is 5.82 Å². The summed E-state index contributed by atoms with van der Waals surface area (Å²) in [5.74, 6) is 1.07. The third kappa shape index (κ3) is 3.79. The SMILES string of the molecule is COc1cccc(CNC(=O)c2cccc(Nc3nc4ccccc4n4nnnc34)c2)c1. The smallest absolute Gasteiger partial charge is 0.251 e. The predicted octanol–water partition coefficient (Wildman–Crippen LogP) is 3.35. The van der Waals surface area contributed by atoms with E-state index in [-0.39, 0.29) is 5.91 Å². The number of para-hydroxylation sites is 2. The summed E-state index contributed by atoms with van der Waals surface area (Å²) in [7, 11) is 1.62. The normalized spacial score (nSPS) is 10.9. The van der Waals surface area contributed by atoms with E-state index in [2.05, 4.69) is 31.1 Å². The summed E-state index contributed by atoms with van der Waals surface area (Å²) in [5, 5.41) is 18.1. The average molecular weight is 425 g/mol. The number of anilines is 2. The van der Waals surface area contributed by atoms with E-state index in [9.17, 15) is 4.79 Å². The van der Waals surface area contributed by atoms with Crippen LogP contribution in [-0.2, 0) is 6.54 Å². The Kier molecular flexibility index (Phi) is 5.04. The van der Waals surface area contributed by atoms with Crippen LogP contribution in [-0.4, -0.2) is 38.0 Å². The number of benzene rings is 3. The molecule has 9 heteroatoms. The van der Waals surface area contributed by atoms with Crippen LogP contribution in [0, 0.1) is 0 Å². The van der Waals surface area contributed by atoms with E-state index in [1.165, 1.54) is 0 Å². The van der Waals surface area contributed by atoms with Crippen LogP contribution in [0.15, 0.2) is 72.8 Å². The standard InChI is InChI=1S/C23H19N7O2/c1-32-18-9-4-6-15(12-18)14-24-23(31)16-7-5-8-17(13-16)25-21-22-27-28-29-30(22)20-11-3-2-10-19(20)26-21/h2-13H,14H2,1H3,(H,24,31)(H,25,26). The summed E-state index contributed by atoms with van der Waals surface area (Å²) < 4.78 is 6.86. The zero-order valence-electron chi connectivity index (χ0n) is 17.2. The molecule has 0 fully saturated rings. The molecule has 0 radical (unpaired) electrons. The van der Waals surface area contributed by atoms with E-state index in [0.717, 1.165) is 22.3 Å². The van der Waals surface area contributed by atoms with Gasteiger partial charge in [-0.3, -0.25) is 4.79 Å². The molecule has 2 aromatic heterocycles. The predicted molar refractivity (Wildman–Crippen MR) is 120 cm³/mol.